The second kappa shape index (κ2) is 4.69. The van der Waals surface area contributed by atoms with Gasteiger partial charge in [-0.3, -0.25) is 0 Å². The van der Waals surface area contributed by atoms with Crippen molar-refractivity contribution < 1.29 is 0 Å². The minimum Gasteiger partial charge on any atom is -0.382 e. The quantitative estimate of drug-likeness (QED) is 0.859. The lowest BCUT2D eigenvalue weighted by Gasteiger charge is -2.31. The molecule has 1 aromatic carbocycles. The zero-order chi connectivity index (χ0) is 11.7. The Kier molecular flexibility index (Phi) is 3.06. The molecule has 2 fully saturated rings. The van der Waals surface area contributed by atoms with Crippen LogP contribution in [0.25, 0.3) is 0 Å². The number of nitrogens with one attached hydrogen (secondary N) is 1. The third-order valence-corrected chi connectivity index (χ3v) is 4.35. The molecular formula is C15H22N2. The van der Waals surface area contributed by atoms with Gasteiger partial charge in [0.1, 0.15) is 0 Å². The number of nitrogens with zero attached hydrogens (tertiary/aromatic N) is 1. The minimum atomic E-state index is 0.696. The third kappa shape index (κ3) is 2.32. The van der Waals surface area contributed by atoms with Crippen LogP contribution in [0.15, 0.2) is 24.3 Å². The van der Waals surface area contributed by atoms with Crippen molar-refractivity contribution in [2.75, 3.05) is 25.0 Å². The molecule has 2 bridgehead atoms. The van der Waals surface area contributed by atoms with E-state index in [-0.39, 0.29) is 0 Å². The van der Waals surface area contributed by atoms with Gasteiger partial charge in [0.25, 0.3) is 0 Å². The Labute approximate surface area is 104 Å². The van der Waals surface area contributed by atoms with Gasteiger partial charge in [-0.15, -0.1) is 0 Å². The molecule has 3 atom stereocenters. The van der Waals surface area contributed by atoms with Gasteiger partial charge < -0.3 is 10.2 Å². The molecule has 2 heterocycles. The number of aryl methyl sites for hydroxylation is 1. The van der Waals surface area contributed by atoms with Crippen molar-refractivity contribution in [3.8, 4) is 0 Å². The van der Waals surface area contributed by atoms with Gasteiger partial charge in [-0.05, 0) is 49.4 Å². The van der Waals surface area contributed by atoms with E-state index in [1.807, 2.05) is 0 Å². The first kappa shape index (κ1) is 11.1. The topological polar surface area (TPSA) is 15.3 Å². The normalized spacial score (nSPS) is 31.5. The van der Waals surface area contributed by atoms with E-state index in [0.29, 0.717) is 6.04 Å². The molecule has 2 aliphatic heterocycles. The number of rotatable bonds is 3. The van der Waals surface area contributed by atoms with Crippen LogP contribution in [0.2, 0.25) is 0 Å². The second-order valence-corrected chi connectivity index (χ2v) is 5.44. The van der Waals surface area contributed by atoms with Crippen LogP contribution in [0.1, 0.15) is 25.3 Å². The van der Waals surface area contributed by atoms with E-state index >= 15 is 0 Å². The first-order valence-electron chi connectivity index (χ1n) is 6.93. The lowest BCUT2D eigenvalue weighted by molar-refractivity contribution is 0.255. The fourth-order valence-electron chi connectivity index (χ4n) is 3.19. The highest BCUT2D eigenvalue weighted by molar-refractivity contribution is 5.45. The molecule has 2 saturated heterocycles. The van der Waals surface area contributed by atoms with Gasteiger partial charge in [-0.2, -0.15) is 0 Å². The number of fused-ring (bicyclic) bond motifs is 2. The molecule has 2 nitrogen and oxygen atoms in total. The summed E-state index contributed by atoms with van der Waals surface area (Å²) in [5.41, 5.74) is 2.72. The smallest absolute Gasteiger partial charge is 0.0342 e. The fourth-order valence-corrected chi connectivity index (χ4v) is 3.19. The molecule has 0 aliphatic carbocycles. The third-order valence-electron chi connectivity index (χ3n) is 4.35. The first-order valence-corrected chi connectivity index (χ1v) is 6.93. The average Bonchev–Trinajstić information content (AvgIpc) is 2.77. The molecule has 2 heteroatoms. The van der Waals surface area contributed by atoms with Crippen LogP contribution in [0, 0.1) is 5.92 Å². The van der Waals surface area contributed by atoms with Crippen molar-refractivity contribution in [2.24, 2.45) is 5.92 Å². The van der Waals surface area contributed by atoms with E-state index in [1.54, 1.807) is 0 Å². The Morgan fingerprint density at radius 3 is 2.71 bits per heavy atom. The van der Waals surface area contributed by atoms with Crippen molar-refractivity contribution >= 4 is 5.69 Å². The van der Waals surface area contributed by atoms with Gasteiger partial charge >= 0.3 is 0 Å². The van der Waals surface area contributed by atoms with Crippen LogP contribution in [0.3, 0.4) is 0 Å². The van der Waals surface area contributed by atoms with Crippen LogP contribution in [0.4, 0.5) is 5.69 Å². The van der Waals surface area contributed by atoms with Crippen molar-refractivity contribution in [3.05, 3.63) is 29.8 Å². The molecule has 3 rings (SSSR count). The average molecular weight is 230 g/mol. The van der Waals surface area contributed by atoms with Gasteiger partial charge in [0.15, 0.2) is 0 Å². The van der Waals surface area contributed by atoms with Crippen LogP contribution >= 0.6 is 0 Å². The van der Waals surface area contributed by atoms with Gasteiger partial charge in [0, 0.05) is 24.8 Å². The number of hydrogen-bond donors (Lipinski definition) is 1. The highest BCUT2D eigenvalue weighted by atomic mass is 15.2. The van der Waals surface area contributed by atoms with Crippen LogP contribution in [-0.2, 0) is 6.42 Å². The Bertz CT molecular complexity index is 371. The van der Waals surface area contributed by atoms with Gasteiger partial charge in [-0.1, -0.05) is 19.1 Å². The predicted molar refractivity (Wildman–Crippen MR) is 72.4 cm³/mol. The molecule has 17 heavy (non-hydrogen) atoms. The second-order valence-electron chi connectivity index (χ2n) is 5.44. The minimum absolute atomic E-state index is 0.696. The van der Waals surface area contributed by atoms with Crippen LogP contribution < -0.4 is 5.32 Å². The number of anilines is 1. The summed E-state index contributed by atoms with van der Waals surface area (Å²) in [7, 11) is 0. The van der Waals surface area contributed by atoms with E-state index in [2.05, 4.69) is 41.4 Å². The molecule has 0 amide bonds. The Morgan fingerprint density at radius 2 is 1.94 bits per heavy atom. The van der Waals surface area contributed by atoms with Gasteiger partial charge in [0.2, 0.25) is 0 Å². The summed E-state index contributed by atoms with van der Waals surface area (Å²) in [5.74, 6) is 0.870. The molecule has 3 unspecified atom stereocenters. The monoisotopic (exact) mass is 230 g/mol. The Morgan fingerprint density at radius 1 is 1.18 bits per heavy atom. The molecule has 92 valence electrons. The van der Waals surface area contributed by atoms with E-state index in [1.165, 1.54) is 43.7 Å². The van der Waals surface area contributed by atoms with E-state index in [9.17, 15) is 0 Å². The highest BCUT2D eigenvalue weighted by Gasteiger charge is 2.33. The summed E-state index contributed by atoms with van der Waals surface area (Å²) in [6.45, 7) is 6.11. The van der Waals surface area contributed by atoms with Crippen LogP contribution in [-0.4, -0.2) is 30.6 Å². The molecule has 1 N–H and O–H groups in total. The maximum Gasteiger partial charge on any atom is 0.0342 e. The van der Waals surface area contributed by atoms with Crippen molar-refractivity contribution in [2.45, 2.75) is 32.2 Å². The highest BCUT2D eigenvalue weighted by Crippen LogP contribution is 2.29. The molecule has 2 aliphatic rings. The maximum atomic E-state index is 3.73. The maximum absolute atomic E-state index is 3.73. The summed E-state index contributed by atoms with van der Waals surface area (Å²) in [6.07, 6.45) is 3.81. The zero-order valence-corrected chi connectivity index (χ0v) is 10.7. The Hall–Kier alpha value is -1.02. The predicted octanol–water partition coefficient (Wildman–Crippen LogP) is 2.76. The van der Waals surface area contributed by atoms with Crippen molar-refractivity contribution in [3.63, 3.8) is 0 Å². The SMILES string of the molecule is CCc1ccc(NC2CCN3CCC2C3)cc1. The standard InChI is InChI=1S/C15H22N2/c1-2-12-3-5-14(6-4-12)16-15-8-10-17-9-7-13(15)11-17/h3-6,13,15-16H,2,7-11H2,1H3. The summed E-state index contributed by atoms with van der Waals surface area (Å²) in [5, 5.41) is 3.73. The number of hydrogen-bond acceptors (Lipinski definition) is 2. The summed E-state index contributed by atoms with van der Waals surface area (Å²) >= 11 is 0. The summed E-state index contributed by atoms with van der Waals surface area (Å²) < 4.78 is 0. The van der Waals surface area contributed by atoms with E-state index in [0.717, 1.165) is 12.3 Å². The van der Waals surface area contributed by atoms with Gasteiger partial charge in [-0.25, -0.2) is 0 Å². The first-order chi connectivity index (χ1) is 8.35. The molecule has 0 aromatic heterocycles. The summed E-state index contributed by atoms with van der Waals surface area (Å²) in [4.78, 5) is 2.60. The Balaban J connectivity index is 1.65. The summed E-state index contributed by atoms with van der Waals surface area (Å²) in [6, 6.07) is 9.65. The van der Waals surface area contributed by atoms with E-state index in [4.69, 9.17) is 0 Å². The van der Waals surface area contributed by atoms with Crippen molar-refractivity contribution in [1.29, 1.82) is 0 Å². The van der Waals surface area contributed by atoms with Crippen LogP contribution in [0.5, 0.6) is 0 Å². The zero-order valence-electron chi connectivity index (χ0n) is 10.7. The molecule has 0 saturated carbocycles. The largest absolute Gasteiger partial charge is 0.382 e. The molecule has 0 spiro atoms. The lowest BCUT2D eigenvalue weighted by Crippen LogP contribution is -2.39. The van der Waals surface area contributed by atoms with E-state index < -0.39 is 0 Å². The molecular weight excluding hydrogens is 208 g/mol. The molecule has 0 radical (unpaired) electrons. The van der Waals surface area contributed by atoms with Gasteiger partial charge in [0.05, 0.1) is 0 Å². The van der Waals surface area contributed by atoms with Crippen molar-refractivity contribution in [1.82, 2.24) is 4.90 Å². The number of piperidine rings is 1. The lowest BCUT2D eigenvalue weighted by atomic mass is 9.94. The fraction of sp³-hybridized carbons (Fsp3) is 0.600. The molecule has 1 aromatic rings. The number of benzene rings is 1.